The molecule has 9 heteroatoms. The lowest BCUT2D eigenvalue weighted by Crippen LogP contribution is -2.49. The van der Waals surface area contributed by atoms with Gasteiger partial charge in [-0.25, -0.2) is 4.98 Å². The lowest BCUT2D eigenvalue weighted by molar-refractivity contribution is -0.137. The van der Waals surface area contributed by atoms with Crippen molar-refractivity contribution in [3.8, 4) is 11.6 Å². The number of carbonyl (C=O) groups is 1. The maximum atomic E-state index is 13.0. The molecular weight excluding hydrogens is 433 g/mol. The number of rotatable bonds is 4. The molecule has 4 rings (SSSR count). The third-order valence-electron chi connectivity index (χ3n) is 5.37. The molecule has 2 heterocycles. The van der Waals surface area contributed by atoms with Crippen LogP contribution in [-0.2, 0) is 6.18 Å². The van der Waals surface area contributed by atoms with Crippen LogP contribution in [0.4, 0.5) is 19.0 Å². The molecule has 3 aromatic rings. The van der Waals surface area contributed by atoms with E-state index in [0.29, 0.717) is 49.5 Å². The molecule has 1 amide bonds. The number of aromatic nitrogens is 2. The van der Waals surface area contributed by atoms with Gasteiger partial charge in [0.15, 0.2) is 0 Å². The second-order valence-corrected chi connectivity index (χ2v) is 7.88. The van der Waals surface area contributed by atoms with Crippen LogP contribution in [0.5, 0.6) is 11.6 Å². The van der Waals surface area contributed by atoms with Crippen molar-refractivity contribution in [3.63, 3.8) is 0 Å². The maximum Gasteiger partial charge on any atom is 0.416 e. The SMILES string of the molecule is Cc1ccc(Oc2cc(N3CCN(C(=O)c4cccc(C(F)(F)F)c4)CC3)nc(C)n2)cc1. The number of anilines is 1. The number of hydrogen-bond acceptors (Lipinski definition) is 5. The number of ether oxygens (including phenoxy) is 1. The second kappa shape index (κ2) is 9.09. The van der Waals surface area contributed by atoms with Crippen LogP contribution in [-0.4, -0.2) is 47.0 Å². The minimum absolute atomic E-state index is 0.0324. The van der Waals surface area contributed by atoms with Crippen molar-refractivity contribution in [2.75, 3.05) is 31.1 Å². The summed E-state index contributed by atoms with van der Waals surface area (Å²) >= 11 is 0. The zero-order chi connectivity index (χ0) is 23.6. The van der Waals surface area contributed by atoms with Crippen molar-refractivity contribution >= 4 is 11.7 Å². The topological polar surface area (TPSA) is 58.6 Å². The predicted octanol–water partition coefficient (Wildman–Crippen LogP) is 4.87. The average Bonchev–Trinajstić information content (AvgIpc) is 2.79. The lowest BCUT2D eigenvalue weighted by atomic mass is 10.1. The van der Waals surface area contributed by atoms with Gasteiger partial charge in [0.1, 0.15) is 17.4 Å². The molecule has 1 fully saturated rings. The molecule has 0 unspecified atom stereocenters. The number of benzene rings is 2. The van der Waals surface area contributed by atoms with Gasteiger partial charge in [-0.2, -0.15) is 18.2 Å². The first kappa shape index (κ1) is 22.6. The van der Waals surface area contributed by atoms with E-state index in [1.54, 1.807) is 17.9 Å². The van der Waals surface area contributed by atoms with Crippen molar-refractivity contribution in [3.05, 3.63) is 77.1 Å². The molecule has 0 radical (unpaired) electrons. The fourth-order valence-corrected chi connectivity index (χ4v) is 3.62. The molecule has 6 nitrogen and oxygen atoms in total. The summed E-state index contributed by atoms with van der Waals surface area (Å²) in [5, 5.41) is 0. The average molecular weight is 456 g/mol. The molecule has 1 aromatic heterocycles. The molecule has 0 saturated carbocycles. The first-order chi connectivity index (χ1) is 15.7. The monoisotopic (exact) mass is 456 g/mol. The highest BCUT2D eigenvalue weighted by atomic mass is 19.4. The summed E-state index contributed by atoms with van der Waals surface area (Å²) in [6, 6.07) is 13.9. The van der Waals surface area contributed by atoms with Crippen LogP contribution in [0.3, 0.4) is 0 Å². The van der Waals surface area contributed by atoms with Crippen LogP contribution in [0.15, 0.2) is 54.6 Å². The second-order valence-electron chi connectivity index (χ2n) is 7.88. The number of halogens is 3. The Morgan fingerprint density at radius 3 is 2.30 bits per heavy atom. The van der Waals surface area contributed by atoms with E-state index in [0.717, 1.165) is 17.7 Å². The summed E-state index contributed by atoms with van der Waals surface area (Å²) in [5.74, 6) is 1.90. The maximum absolute atomic E-state index is 13.0. The molecule has 1 aliphatic heterocycles. The molecule has 0 aliphatic carbocycles. The van der Waals surface area contributed by atoms with Crippen molar-refractivity contribution in [1.29, 1.82) is 0 Å². The third kappa shape index (κ3) is 5.42. The van der Waals surface area contributed by atoms with Gasteiger partial charge in [0.25, 0.3) is 5.91 Å². The Kier molecular flexibility index (Phi) is 6.22. The van der Waals surface area contributed by atoms with Crippen molar-refractivity contribution in [2.24, 2.45) is 0 Å². The van der Waals surface area contributed by atoms with Gasteiger partial charge in [-0.15, -0.1) is 0 Å². The number of carbonyl (C=O) groups excluding carboxylic acids is 1. The summed E-state index contributed by atoms with van der Waals surface area (Å²) in [4.78, 5) is 25.1. The number of alkyl halides is 3. The number of aryl methyl sites for hydroxylation is 2. The number of amides is 1. The van der Waals surface area contributed by atoms with Crippen LogP contribution < -0.4 is 9.64 Å². The molecule has 1 saturated heterocycles. The number of hydrogen-bond donors (Lipinski definition) is 0. The Bertz CT molecular complexity index is 1140. The van der Waals surface area contributed by atoms with Crippen molar-refractivity contribution in [1.82, 2.24) is 14.9 Å². The zero-order valence-electron chi connectivity index (χ0n) is 18.3. The normalized spacial score (nSPS) is 14.3. The Morgan fingerprint density at radius 1 is 0.939 bits per heavy atom. The zero-order valence-corrected chi connectivity index (χ0v) is 18.3. The van der Waals surface area contributed by atoms with Crippen LogP contribution >= 0.6 is 0 Å². The molecular formula is C24H23F3N4O2. The predicted molar refractivity (Wildman–Crippen MR) is 118 cm³/mol. The van der Waals surface area contributed by atoms with Crippen LogP contribution in [0, 0.1) is 13.8 Å². The van der Waals surface area contributed by atoms with Crippen LogP contribution in [0.2, 0.25) is 0 Å². The molecule has 1 aliphatic rings. The molecule has 33 heavy (non-hydrogen) atoms. The summed E-state index contributed by atoms with van der Waals surface area (Å²) in [6.45, 7) is 5.49. The minimum atomic E-state index is -4.49. The molecule has 0 atom stereocenters. The van der Waals surface area contributed by atoms with E-state index in [-0.39, 0.29) is 5.56 Å². The van der Waals surface area contributed by atoms with E-state index in [1.165, 1.54) is 12.1 Å². The molecule has 172 valence electrons. The molecule has 0 bridgehead atoms. The molecule has 2 aromatic carbocycles. The van der Waals surface area contributed by atoms with Gasteiger partial charge in [-0.3, -0.25) is 4.79 Å². The molecule has 0 spiro atoms. The summed E-state index contributed by atoms with van der Waals surface area (Å²) in [5.41, 5.74) is 0.328. The summed E-state index contributed by atoms with van der Waals surface area (Å²) < 4.78 is 44.8. The quantitative estimate of drug-likeness (QED) is 0.561. The van der Waals surface area contributed by atoms with E-state index >= 15 is 0 Å². The summed E-state index contributed by atoms with van der Waals surface area (Å²) in [7, 11) is 0. The Balaban J connectivity index is 1.43. The Morgan fingerprint density at radius 2 is 1.64 bits per heavy atom. The third-order valence-corrected chi connectivity index (χ3v) is 5.37. The van der Waals surface area contributed by atoms with Crippen molar-refractivity contribution < 1.29 is 22.7 Å². The number of nitrogens with zero attached hydrogens (tertiary/aromatic N) is 4. The Labute approximate surface area is 189 Å². The highest BCUT2D eigenvalue weighted by Crippen LogP contribution is 2.30. The highest BCUT2D eigenvalue weighted by molar-refractivity contribution is 5.94. The summed E-state index contributed by atoms with van der Waals surface area (Å²) in [6.07, 6.45) is -4.49. The van der Waals surface area contributed by atoms with E-state index in [9.17, 15) is 18.0 Å². The van der Waals surface area contributed by atoms with Crippen molar-refractivity contribution in [2.45, 2.75) is 20.0 Å². The fourth-order valence-electron chi connectivity index (χ4n) is 3.62. The fraction of sp³-hybridized carbons (Fsp3) is 0.292. The lowest BCUT2D eigenvalue weighted by Gasteiger charge is -2.35. The largest absolute Gasteiger partial charge is 0.439 e. The first-order valence-corrected chi connectivity index (χ1v) is 10.5. The highest BCUT2D eigenvalue weighted by Gasteiger charge is 2.32. The number of piperazine rings is 1. The van der Waals surface area contributed by atoms with Crippen LogP contribution in [0.25, 0.3) is 0 Å². The van der Waals surface area contributed by atoms with Gasteiger partial charge in [0.05, 0.1) is 5.56 Å². The smallest absolute Gasteiger partial charge is 0.416 e. The van der Waals surface area contributed by atoms with Gasteiger partial charge in [-0.05, 0) is 44.2 Å². The van der Waals surface area contributed by atoms with E-state index in [4.69, 9.17) is 4.74 Å². The van der Waals surface area contributed by atoms with Crippen LogP contribution in [0.1, 0.15) is 27.3 Å². The van der Waals surface area contributed by atoms with Gasteiger partial charge in [-0.1, -0.05) is 23.8 Å². The van der Waals surface area contributed by atoms with Gasteiger partial charge < -0.3 is 14.5 Å². The Hall–Kier alpha value is -3.62. The molecule has 0 N–H and O–H groups in total. The van der Waals surface area contributed by atoms with Gasteiger partial charge in [0, 0.05) is 37.8 Å². The minimum Gasteiger partial charge on any atom is -0.439 e. The van der Waals surface area contributed by atoms with E-state index < -0.39 is 17.6 Å². The van der Waals surface area contributed by atoms with E-state index in [2.05, 4.69) is 9.97 Å². The van der Waals surface area contributed by atoms with Gasteiger partial charge in [0.2, 0.25) is 5.88 Å². The standard InChI is InChI=1S/C24H23F3N4O2/c1-16-6-8-20(9-7-16)33-22-15-21(28-17(2)29-22)30-10-12-31(13-11-30)23(32)18-4-3-5-19(14-18)24(25,26)27/h3-9,14-15H,10-13H2,1-2H3. The van der Waals surface area contributed by atoms with Gasteiger partial charge >= 0.3 is 6.18 Å². The first-order valence-electron chi connectivity index (χ1n) is 10.5. The van der Waals surface area contributed by atoms with E-state index in [1.807, 2.05) is 36.1 Å².